The molecule has 0 saturated carbocycles. The van der Waals surface area contributed by atoms with Crippen LogP contribution in [0.2, 0.25) is 0 Å². The molecule has 1 nitrogen and oxygen atoms in total. The van der Waals surface area contributed by atoms with Gasteiger partial charge in [-0.2, -0.15) is 0 Å². The lowest BCUT2D eigenvalue weighted by Gasteiger charge is -2.15. The number of hydrogen-bond acceptors (Lipinski definition) is 1. The van der Waals surface area contributed by atoms with Gasteiger partial charge in [0.2, 0.25) is 0 Å². The molecule has 0 fully saturated rings. The van der Waals surface area contributed by atoms with Crippen LogP contribution >= 0.6 is 0 Å². The molecule has 18 heavy (non-hydrogen) atoms. The van der Waals surface area contributed by atoms with E-state index in [1.807, 2.05) is 0 Å². The minimum atomic E-state index is 1.14. The van der Waals surface area contributed by atoms with Gasteiger partial charge in [0.05, 0.1) is 0 Å². The summed E-state index contributed by atoms with van der Waals surface area (Å²) in [5.41, 5.74) is 2.92. The lowest BCUT2D eigenvalue weighted by Crippen LogP contribution is -2.12. The molecule has 1 heteroatoms. The number of nitrogens with zero attached hydrogens (tertiary/aromatic N) is 1. The number of fused-ring (bicyclic) bond motifs is 5. The summed E-state index contributed by atoms with van der Waals surface area (Å²) in [4.78, 5) is 2.38. The Morgan fingerprint density at radius 3 is 2.61 bits per heavy atom. The monoisotopic (exact) mass is 233 g/mol. The molecule has 0 unspecified atom stereocenters. The van der Waals surface area contributed by atoms with E-state index in [0.717, 1.165) is 6.54 Å². The van der Waals surface area contributed by atoms with Crippen molar-refractivity contribution >= 4 is 27.2 Å². The Balaban J connectivity index is 2.20. The van der Waals surface area contributed by atoms with Crippen molar-refractivity contribution in [2.24, 2.45) is 0 Å². The Morgan fingerprint density at radius 2 is 1.67 bits per heavy atom. The SMILES string of the molecule is CN1CCc2ccc3c(ccc4ccccc43)c21. The minimum Gasteiger partial charge on any atom is -0.374 e. The van der Waals surface area contributed by atoms with E-state index in [1.54, 1.807) is 0 Å². The fourth-order valence-corrected chi connectivity index (χ4v) is 3.17. The van der Waals surface area contributed by atoms with Gasteiger partial charge < -0.3 is 4.90 Å². The zero-order valence-corrected chi connectivity index (χ0v) is 10.5. The molecule has 3 aromatic rings. The highest BCUT2D eigenvalue weighted by molar-refractivity contribution is 6.12. The Kier molecular flexibility index (Phi) is 1.93. The average Bonchev–Trinajstić information content (AvgIpc) is 2.80. The molecule has 0 amide bonds. The van der Waals surface area contributed by atoms with Gasteiger partial charge in [0.15, 0.2) is 0 Å². The van der Waals surface area contributed by atoms with Crippen molar-refractivity contribution in [3.05, 3.63) is 54.1 Å². The Bertz CT molecular complexity index is 758. The van der Waals surface area contributed by atoms with E-state index in [4.69, 9.17) is 0 Å². The van der Waals surface area contributed by atoms with Crippen LogP contribution in [0.1, 0.15) is 5.56 Å². The van der Waals surface area contributed by atoms with Crippen LogP contribution in [0.4, 0.5) is 5.69 Å². The smallest absolute Gasteiger partial charge is 0.0476 e. The maximum Gasteiger partial charge on any atom is 0.0476 e. The quantitative estimate of drug-likeness (QED) is 0.531. The van der Waals surface area contributed by atoms with Gasteiger partial charge in [0, 0.05) is 24.7 Å². The number of benzene rings is 3. The molecule has 3 aromatic carbocycles. The molecule has 0 N–H and O–H groups in total. The topological polar surface area (TPSA) is 3.24 Å². The number of anilines is 1. The Morgan fingerprint density at radius 1 is 0.833 bits per heavy atom. The van der Waals surface area contributed by atoms with Crippen LogP contribution < -0.4 is 4.90 Å². The van der Waals surface area contributed by atoms with Gasteiger partial charge in [-0.1, -0.05) is 48.5 Å². The van der Waals surface area contributed by atoms with E-state index in [2.05, 4.69) is 60.5 Å². The lowest BCUT2D eigenvalue weighted by atomic mass is 9.98. The van der Waals surface area contributed by atoms with Gasteiger partial charge in [-0.15, -0.1) is 0 Å². The van der Waals surface area contributed by atoms with Gasteiger partial charge in [-0.3, -0.25) is 0 Å². The van der Waals surface area contributed by atoms with Crippen LogP contribution in [-0.2, 0) is 6.42 Å². The van der Waals surface area contributed by atoms with Crippen molar-refractivity contribution in [1.29, 1.82) is 0 Å². The van der Waals surface area contributed by atoms with E-state index < -0.39 is 0 Å². The second-order valence-corrected chi connectivity index (χ2v) is 5.13. The van der Waals surface area contributed by atoms with Crippen LogP contribution in [-0.4, -0.2) is 13.6 Å². The predicted octanol–water partition coefficient (Wildman–Crippen LogP) is 3.99. The highest BCUT2D eigenvalue weighted by atomic mass is 15.1. The van der Waals surface area contributed by atoms with Crippen molar-refractivity contribution in [3.63, 3.8) is 0 Å². The summed E-state index contributed by atoms with van der Waals surface area (Å²) in [6, 6.07) is 17.7. The largest absolute Gasteiger partial charge is 0.374 e. The zero-order chi connectivity index (χ0) is 12.1. The summed E-state index contributed by atoms with van der Waals surface area (Å²) in [6.07, 6.45) is 1.18. The van der Waals surface area contributed by atoms with Crippen LogP contribution in [0.3, 0.4) is 0 Å². The molecule has 0 aliphatic carbocycles. The van der Waals surface area contributed by atoms with Crippen molar-refractivity contribution < 1.29 is 0 Å². The second kappa shape index (κ2) is 3.49. The number of likely N-dealkylation sites (N-methyl/N-ethyl adjacent to an activating group) is 1. The maximum absolute atomic E-state index is 2.38. The van der Waals surface area contributed by atoms with Crippen molar-refractivity contribution in [1.82, 2.24) is 0 Å². The first-order valence-corrected chi connectivity index (χ1v) is 6.49. The van der Waals surface area contributed by atoms with Gasteiger partial charge in [0.1, 0.15) is 0 Å². The van der Waals surface area contributed by atoms with Gasteiger partial charge >= 0.3 is 0 Å². The third-order valence-electron chi connectivity index (χ3n) is 4.08. The van der Waals surface area contributed by atoms with Gasteiger partial charge in [-0.05, 0) is 28.1 Å². The van der Waals surface area contributed by atoms with E-state index >= 15 is 0 Å². The number of rotatable bonds is 0. The summed E-state index contributed by atoms with van der Waals surface area (Å²) < 4.78 is 0. The summed E-state index contributed by atoms with van der Waals surface area (Å²) in [5, 5.41) is 5.45. The van der Waals surface area contributed by atoms with Gasteiger partial charge in [-0.25, -0.2) is 0 Å². The van der Waals surface area contributed by atoms with Crippen LogP contribution in [0.15, 0.2) is 48.5 Å². The average molecular weight is 233 g/mol. The molecule has 0 spiro atoms. The van der Waals surface area contributed by atoms with Crippen LogP contribution in [0.5, 0.6) is 0 Å². The summed E-state index contributed by atoms with van der Waals surface area (Å²) in [5.74, 6) is 0. The van der Waals surface area contributed by atoms with E-state index in [-0.39, 0.29) is 0 Å². The van der Waals surface area contributed by atoms with E-state index in [1.165, 1.54) is 39.2 Å². The summed E-state index contributed by atoms with van der Waals surface area (Å²) in [6.45, 7) is 1.14. The first kappa shape index (κ1) is 9.95. The van der Waals surface area contributed by atoms with Gasteiger partial charge in [0.25, 0.3) is 0 Å². The highest BCUT2D eigenvalue weighted by Gasteiger charge is 2.18. The first-order chi connectivity index (χ1) is 8.84. The molecule has 0 bridgehead atoms. The molecule has 88 valence electrons. The Labute approximate surface area is 107 Å². The van der Waals surface area contributed by atoms with Crippen LogP contribution in [0.25, 0.3) is 21.5 Å². The predicted molar refractivity (Wildman–Crippen MR) is 78.4 cm³/mol. The van der Waals surface area contributed by atoms with Crippen LogP contribution in [0, 0.1) is 0 Å². The standard InChI is InChI=1S/C17H15N/c1-18-11-10-13-7-8-15-14-5-3-2-4-12(14)6-9-16(15)17(13)18/h2-9H,10-11H2,1H3. The zero-order valence-electron chi connectivity index (χ0n) is 10.5. The lowest BCUT2D eigenvalue weighted by molar-refractivity contribution is 0.957. The molecule has 0 saturated heterocycles. The number of hydrogen-bond donors (Lipinski definition) is 0. The van der Waals surface area contributed by atoms with E-state index in [0.29, 0.717) is 0 Å². The molecular weight excluding hydrogens is 218 g/mol. The van der Waals surface area contributed by atoms with E-state index in [9.17, 15) is 0 Å². The molecular formula is C17H15N. The third-order valence-corrected chi connectivity index (χ3v) is 4.08. The minimum absolute atomic E-state index is 1.14. The molecule has 1 aliphatic heterocycles. The van der Waals surface area contributed by atoms with Crippen molar-refractivity contribution in [2.45, 2.75) is 6.42 Å². The second-order valence-electron chi connectivity index (χ2n) is 5.13. The molecule has 0 atom stereocenters. The summed E-state index contributed by atoms with van der Waals surface area (Å²) >= 11 is 0. The van der Waals surface area contributed by atoms with Crippen molar-refractivity contribution in [3.8, 4) is 0 Å². The molecule has 0 radical (unpaired) electrons. The molecule has 1 aliphatic rings. The first-order valence-electron chi connectivity index (χ1n) is 6.49. The normalized spacial score (nSPS) is 14.4. The fourth-order valence-electron chi connectivity index (χ4n) is 3.17. The summed E-state index contributed by atoms with van der Waals surface area (Å²) in [7, 11) is 2.19. The maximum atomic E-state index is 2.38. The highest BCUT2D eigenvalue weighted by Crippen LogP contribution is 2.37. The molecule has 4 rings (SSSR count). The molecule has 0 aromatic heterocycles. The van der Waals surface area contributed by atoms with Crippen molar-refractivity contribution in [2.75, 3.05) is 18.5 Å². The fraction of sp³-hybridized carbons (Fsp3) is 0.176. The Hall–Kier alpha value is -2.02. The third kappa shape index (κ3) is 1.22. The molecule has 1 heterocycles.